The number of carbonyl (C=O) groups excluding carboxylic acids is 6. The summed E-state index contributed by atoms with van der Waals surface area (Å²) in [6, 6.07) is 6.21. The molecule has 0 spiro atoms. The number of nitrogens with zero attached hydrogens (tertiary/aromatic N) is 2. The fourth-order valence-electron chi connectivity index (χ4n) is 8.69. The molecule has 0 aromatic heterocycles. The summed E-state index contributed by atoms with van der Waals surface area (Å²) < 4.78 is 11.2. The third-order valence-corrected chi connectivity index (χ3v) is 11.6. The van der Waals surface area contributed by atoms with Gasteiger partial charge in [-0.2, -0.15) is 5.06 Å². The molecule has 2 aliphatic rings. The van der Waals surface area contributed by atoms with Gasteiger partial charge in [-0.25, -0.2) is 9.59 Å². The molecule has 0 saturated carbocycles. The fraction of sp³-hybridized carbons (Fsp3) is 0.714. The molecule has 1 aromatic rings. The Morgan fingerprint density at radius 2 is 1.48 bits per heavy atom. The van der Waals surface area contributed by atoms with E-state index in [0.717, 1.165) is 5.56 Å². The van der Waals surface area contributed by atoms with Crippen LogP contribution in [0.1, 0.15) is 141 Å². The number of amides is 6. The molecule has 2 fully saturated rings. The van der Waals surface area contributed by atoms with Gasteiger partial charge in [0, 0.05) is 43.1 Å². The number of ether oxygens (including phenoxy) is 2. The average Bonchev–Trinajstić information content (AvgIpc) is 3.67. The zero-order valence-electron chi connectivity index (χ0n) is 41.4. The van der Waals surface area contributed by atoms with Crippen molar-refractivity contribution in [2.75, 3.05) is 13.1 Å². The van der Waals surface area contributed by atoms with E-state index in [0.29, 0.717) is 51.5 Å². The Bertz CT molecular complexity index is 1760. The van der Waals surface area contributed by atoms with Crippen LogP contribution in [-0.2, 0) is 35.1 Å². The van der Waals surface area contributed by atoms with Gasteiger partial charge < -0.3 is 46.2 Å². The molecule has 16 nitrogen and oxygen atoms in total. The number of hydrogen-bond donors (Lipinski definition) is 6. The van der Waals surface area contributed by atoms with Crippen LogP contribution in [0.3, 0.4) is 0 Å². The molecule has 65 heavy (non-hydrogen) atoms. The number of rotatable bonds is 20. The van der Waals surface area contributed by atoms with Crippen LogP contribution in [0.4, 0.5) is 9.59 Å². The van der Waals surface area contributed by atoms with Gasteiger partial charge in [0.15, 0.2) is 0 Å². The molecule has 0 unspecified atom stereocenters. The summed E-state index contributed by atoms with van der Waals surface area (Å²) in [5.41, 5.74) is -0.921. The first-order valence-electron chi connectivity index (χ1n) is 23.6. The molecule has 5 atom stereocenters. The second-order valence-electron chi connectivity index (χ2n) is 21.1. The minimum atomic E-state index is -1.02. The Labute approximate surface area is 388 Å². The second kappa shape index (κ2) is 24.2. The molecule has 6 N–H and O–H groups in total. The lowest BCUT2D eigenvalue weighted by Crippen LogP contribution is -2.61. The largest absolute Gasteiger partial charge is 0.446 e. The Kier molecular flexibility index (Phi) is 20.3. The van der Waals surface area contributed by atoms with Crippen LogP contribution in [0.15, 0.2) is 42.5 Å². The van der Waals surface area contributed by atoms with Crippen molar-refractivity contribution < 1.29 is 43.4 Å². The molecule has 366 valence electrons. The highest BCUT2D eigenvalue weighted by Crippen LogP contribution is 2.38. The number of likely N-dealkylation sites (tertiary alicyclic amines) is 1. The van der Waals surface area contributed by atoms with Crippen LogP contribution in [0, 0.1) is 17.8 Å². The van der Waals surface area contributed by atoms with Gasteiger partial charge in [0.1, 0.15) is 29.8 Å². The first kappa shape index (κ1) is 54.6. The Morgan fingerprint density at radius 1 is 0.846 bits per heavy atom. The van der Waals surface area contributed by atoms with E-state index in [1.54, 1.807) is 39.5 Å². The van der Waals surface area contributed by atoms with E-state index in [1.165, 1.54) is 5.06 Å². The highest BCUT2D eigenvalue weighted by Gasteiger charge is 2.46. The summed E-state index contributed by atoms with van der Waals surface area (Å²) in [6.07, 6.45) is 5.54. The van der Waals surface area contributed by atoms with Gasteiger partial charge in [-0.15, -0.1) is 0 Å². The van der Waals surface area contributed by atoms with Crippen molar-refractivity contribution in [1.29, 1.82) is 0 Å². The third kappa shape index (κ3) is 17.9. The second-order valence-corrected chi connectivity index (χ2v) is 21.1. The maximum Gasteiger partial charge on any atom is 0.408 e. The SMILES string of the molecule is CC(C)C[C@@H](/C=C/[C@H](Cc1ccccc1)C(=O)N1CCC[C@H]1C(=O)N[C@H](C(=O)N[C@@H](CCCNC(=O)OC1CC(C)(C)N(O)C(C)(C)C1)C(=O)NC(C)C)C(C)C)NC(=O)OC(C)(C)C. The van der Waals surface area contributed by atoms with Gasteiger partial charge in [-0.05, 0) is 118 Å². The summed E-state index contributed by atoms with van der Waals surface area (Å²) in [5.74, 6) is -2.42. The first-order chi connectivity index (χ1) is 30.2. The Hall–Kier alpha value is -4.70. The normalized spacial score (nSPS) is 19.6. The molecule has 1 aromatic carbocycles. The van der Waals surface area contributed by atoms with Gasteiger partial charge in [0.2, 0.25) is 23.6 Å². The van der Waals surface area contributed by atoms with Crippen molar-refractivity contribution in [2.45, 2.75) is 194 Å². The Morgan fingerprint density at radius 3 is 2.05 bits per heavy atom. The summed E-state index contributed by atoms with van der Waals surface area (Å²) in [6.45, 7) is 24.8. The summed E-state index contributed by atoms with van der Waals surface area (Å²) >= 11 is 0. The van der Waals surface area contributed by atoms with E-state index in [9.17, 15) is 34.0 Å². The van der Waals surface area contributed by atoms with Gasteiger partial charge in [0.25, 0.3) is 0 Å². The number of piperidine rings is 1. The minimum absolute atomic E-state index is 0.181. The van der Waals surface area contributed by atoms with E-state index in [-0.39, 0.29) is 36.8 Å². The highest BCUT2D eigenvalue weighted by atomic mass is 16.6. The predicted octanol–water partition coefficient (Wildman–Crippen LogP) is 6.40. The maximum absolute atomic E-state index is 14.5. The molecule has 16 heteroatoms. The lowest BCUT2D eigenvalue weighted by atomic mass is 9.80. The fourth-order valence-corrected chi connectivity index (χ4v) is 8.69. The zero-order valence-corrected chi connectivity index (χ0v) is 41.4. The molecule has 2 saturated heterocycles. The van der Waals surface area contributed by atoms with Crippen LogP contribution in [-0.4, -0.2) is 117 Å². The van der Waals surface area contributed by atoms with Crippen LogP contribution >= 0.6 is 0 Å². The topological polar surface area (TPSA) is 208 Å². The predicted molar refractivity (Wildman–Crippen MR) is 251 cm³/mol. The molecule has 2 heterocycles. The number of alkyl carbamates (subject to hydrolysis) is 2. The molecule has 6 amide bonds. The molecule has 0 radical (unpaired) electrons. The number of carbonyl (C=O) groups is 6. The van der Waals surface area contributed by atoms with E-state index in [4.69, 9.17) is 9.47 Å². The molecule has 2 aliphatic heterocycles. The van der Waals surface area contributed by atoms with Gasteiger partial charge in [0.05, 0.1) is 12.0 Å². The van der Waals surface area contributed by atoms with Crippen LogP contribution in [0.5, 0.6) is 0 Å². The monoisotopic (exact) mass is 912 g/mol. The van der Waals surface area contributed by atoms with E-state index >= 15 is 0 Å². The summed E-state index contributed by atoms with van der Waals surface area (Å²) in [4.78, 5) is 83.2. The lowest BCUT2D eigenvalue weighted by molar-refractivity contribution is -0.256. The van der Waals surface area contributed by atoms with Crippen molar-refractivity contribution >= 4 is 35.8 Å². The first-order valence-corrected chi connectivity index (χ1v) is 23.6. The quantitative estimate of drug-likeness (QED) is 0.0627. The molecule has 0 aliphatic carbocycles. The van der Waals surface area contributed by atoms with E-state index < -0.39 is 82.8 Å². The number of hydrogen-bond acceptors (Lipinski definition) is 10. The third-order valence-electron chi connectivity index (χ3n) is 11.6. The summed E-state index contributed by atoms with van der Waals surface area (Å²) in [7, 11) is 0. The highest BCUT2D eigenvalue weighted by molar-refractivity contribution is 5.95. The van der Waals surface area contributed by atoms with Crippen LogP contribution in [0.25, 0.3) is 0 Å². The molecular formula is C49H81N7O9. The van der Waals surface area contributed by atoms with Gasteiger partial charge in [-0.3, -0.25) is 19.2 Å². The van der Waals surface area contributed by atoms with E-state index in [2.05, 4.69) is 26.6 Å². The average molecular weight is 912 g/mol. The zero-order chi connectivity index (χ0) is 48.9. The smallest absolute Gasteiger partial charge is 0.408 e. The number of benzene rings is 1. The van der Waals surface area contributed by atoms with Crippen molar-refractivity contribution in [2.24, 2.45) is 17.8 Å². The molecule has 3 rings (SSSR count). The van der Waals surface area contributed by atoms with Crippen molar-refractivity contribution in [3.63, 3.8) is 0 Å². The Balaban J connectivity index is 1.72. The van der Waals surface area contributed by atoms with Crippen LogP contribution in [0.2, 0.25) is 0 Å². The number of nitrogens with one attached hydrogen (secondary N) is 5. The van der Waals surface area contributed by atoms with Crippen molar-refractivity contribution in [3.05, 3.63) is 48.0 Å². The van der Waals surface area contributed by atoms with Gasteiger partial charge >= 0.3 is 12.2 Å². The molecular weight excluding hydrogens is 831 g/mol. The van der Waals surface area contributed by atoms with E-state index in [1.807, 2.05) is 97.9 Å². The molecule has 0 bridgehead atoms. The maximum atomic E-state index is 14.5. The van der Waals surface area contributed by atoms with Crippen LogP contribution < -0.4 is 26.6 Å². The van der Waals surface area contributed by atoms with Crippen molar-refractivity contribution in [1.82, 2.24) is 36.5 Å². The lowest BCUT2D eigenvalue weighted by Gasteiger charge is -2.50. The summed E-state index contributed by atoms with van der Waals surface area (Å²) in [5, 5.41) is 26.2. The standard InChI is InChI=1S/C49H81N7O9/c1-31(2)27-36(52-46(62)65-47(7,8)9)24-23-35(28-34-19-15-14-16-20-34)44(60)55-26-18-22-39(55)42(58)54-40(32(3)4)43(59)53-38(41(57)51-33(5)6)21-17-25-50-45(61)64-37-29-48(10,11)56(63)49(12,13)30-37/h14-16,19-20,23-24,31-33,35-40,63H,17-18,21-22,25-30H2,1-13H3,(H,50,61)(H,51,57)(H,52,62)(H,53,59)(H,54,58)/b24-23+/t35-,36-,38+,39+,40+/m1/s1. The number of hydroxylamine groups is 2. The van der Waals surface area contributed by atoms with Gasteiger partial charge in [-0.1, -0.05) is 70.2 Å². The minimum Gasteiger partial charge on any atom is -0.446 e. The van der Waals surface area contributed by atoms with Crippen molar-refractivity contribution in [3.8, 4) is 0 Å².